The molecule has 2 N–H and O–H groups in total. The monoisotopic (exact) mass is 348 g/mol. The highest BCUT2D eigenvalue weighted by Crippen LogP contribution is 2.22. The Morgan fingerprint density at radius 1 is 1.29 bits per heavy atom. The Morgan fingerprint density at radius 2 is 2.12 bits per heavy atom. The number of hydrogen-bond acceptors (Lipinski definition) is 5. The van der Waals surface area contributed by atoms with Gasteiger partial charge in [-0.1, -0.05) is 12.1 Å². The molecule has 0 saturated heterocycles. The van der Waals surface area contributed by atoms with E-state index >= 15 is 0 Å². The summed E-state index contributed by atoms with van der Waals surface area (Å²) in [6.45, 7) is 1.24. The second-order valence-electron chi connectivity index (χ2n) is 5.69. The molecule has 1 aliphatic rings. The molecule has 1 aromatic heterocycles. The van der Waals surface area contributed by atoms with Crippen LogP contribution in [0.4, 0.5) is 11.5 Å². The minimum atomic E-state index is -3.53. The molecule has 1 aromatic carbocycles. The molecule has 1 aliphatic heterocycles. The molecule has 128 valence electrons. The van der Waals surface area contributed by atoms with Gasteiger partial charge in [-0.05, 0) is 30.2 Å². The third-order valence-corrected chi connectivity index (χ3v) is 5.13. The molecule has 7 nitrogen and oxygen atoms in total. The highest BCUT2D eigenvalue weighted by atomic mass is 32.2. The maximum absolute atomic E-state index is 11.9. The predicted molar refractivity (Wildman–Crippen MR) is 93.4 cm³/mol. The van der Waals surface area contributed by atoms with E-state index in [1.807, 2.05) is 6.07 Å². The molecular formula is C16H20N4O3S. The van der Waals surface area contributed by atoms with Gasteiger partial charge in [0.1, 0.15) is 18.2 Å². The summed E-state index contributed by atoms with van der Waals surface area (Å²) in [5, 5.41) is 3.24. The lowest BCUT2D eigenvalue weighted by Gasteiger charge is -2.14. The van der Waals surface area contributed by atoms with Crippen molar-refractivity contribution in [3.05, 3.63) is 47.7 Å². The van der Waals surface area contributed by atoms with Gasteiger partial charge < -0.3 is 10.1 Å². The summed E-state index contributed by atoms with van der Waals surface area (Å²) in [7, 11) is -0.598. The molecule has 2 heterocycles. The van der Waals surface area contributed by atoms with Crippen LogP contribution in [0.3, 0.4) is 0 Å². The number of anilines is 2. The third-order valence-electron chi connectivity index (χ3n) is 3.67. The second-order valence-corrected chi connectivity index (χ2v) is 7.58. The Morgan fingerprint density at radius 3 is 2.92 bits per heavy atom. The van der Waals surface area contributed by atoms with Crippen LogP contribution < -0.4 is 14.8 Å². The number of ether oxygens (including phenoxy) is 1. The Labute approximate surface area is 141 Å². The Kier molecular flexibility index (Phi) is 4.59. The molecule has 8 heteroatoms. The minimum absolute atomic E-state index is 0.318. The Balaban J connectivity index is 1.67. The molecule has 0 amide bonds. The van der Waals surface area contributed by atoms with E-state index in [0.717, 1.165) is 28.8 Å². The molecule has 0 saturated carbocycles. The SMILES string of the molecule is CN(C)S(=O)(=O)Nc1cccc(OCc2ccc3c(n2)NCC3)c1. The summed E-state index contributed by atoms with van der Waals surface area (Å²) in [5.41, 5.74) is 2.49. The number of rotatable bonds is 6. The number of pyridine rings is 1. The van der Waals surface area contributed by atoms with Gasteiger partial charge in [0.2, 0.25) is 0 Å². The van der Waals surface area contributed by atoms with Crippen LogP contribution in [0.15, 0.2) is 36.4 Å². The Bertz CT molecular complexity index is 837. The molecule has 24 heavy (non-hydrogen) atoms. The summed E-state index contributed by atoms with van der Waals surface area (Å²) in [5.74, 6) is 1.49. The molecule has 0 unspecified atom stereocenters. The van der Waals surface area contributed by atoms with E-state index in [1.165, 1.54) is 19.7 Å². The fraction of sp³-hybridized carbons (Fsp3) is 0.312. The quantitative estimate of drug-likeness (QED) is 0.832. The molecule has 0 fully saturated rings. The summed E-state index contributed by atoms with van der Waals surface area (Å²) in [6, 6.07) is 10.8. The number of fused-ring (bicyclic) bond motifs is 1. The highest BCUT2D eigenvalue weighted by molar-refractivity contribution is 7.90. The van der Waals surface area contributed by atoms with E-state index in [2.05, 4.69) is 21.1 Å². The van der Waals surface area contributed by atoms with Crippen LogP contribution >= 0.6 is 0 Å². The average molecular weight is 348 g/mol. The summed E-state index contributed by atoms with van der Waals surface area (Å²) in [4.78, 5) is 4.52. The van der Waals surface area contributed by atoms with Crippen molar-refractivity contribution < 1.29 is 13.2 Å². The first kappa shape index (κ1) is 16.5. The first-order valence-corrected chi connectivity index (χ1v) is 9.04. The fourth-order valence-electron chi connectivity index (χ4n) is 2.33. The summed E-state index contributed by atoms with van der Waals surface area (Å²) >= 11 is 0. The molecule has 0 aliphatic carbocycles. The van der Waals surface area contributed by atoms with Gasteiger partial charge in [-0.25, -0.2) is 4.98 Å². The number of nitrogens with zero attached hydrogens (tertiary/aromatic N) is 2. The van der Waals surface area contributed by atoms with Crippen molar-refractivity contribution in [1.82, 2.24) is 9.29 Å². The van der Waals surface area contributed by atoms with E-state index in [1.54, 1.807) is 24.3 Å². The molecule has 2 aromatic rings. The molecule has 3 rings (SSSR count). The van der Waals surface area contributed by atoms with Crippen molar-refractivity contribution in [3.8, 4) is 5.75 Å². The van der Waals surface area contributed by atoms with Crippen LogP contribution in [0.2, 0.25) is 0 Å². The van der Waals surface area contributed by atoms with Gasteiger partial charge in [-0.2, -0.15) is 12.7 Å². The van der Waals surface area contributed by atoms with E-state index in [9.17, 15) is 8.42 Å². The smallest absolute Gasteiger partial charge is 0.301 e. The standard InChI is InChI=1S/C16H20N4O3S/c1-20(2)24(21,22)19-13-4-3-5-15(10-13)23-11-14-7-6-12-8-9-17-16(12)18-14/h3-7,10,19H,8-9,11H2,1-2H3,(H,17,18). The third kappa shape index (κ3) is 3.77. The van der Waals surface area contributed by atoms with Gasteiger partial charge in [-0.3, -0.25) is 4.72 Å². The molecule has 0 radical (unpaired) electrons. The van der Waals surface area contributed by atoms with Crippen molar-refractivity contribution in [2.45, 2.75) is 13.0 Å². The van der Waals surface area contributed by atoms with E-state index < -0.39 is 10.2 Å². The van der Waals surface area contributed by atoms with E-state index in [0.29, 0.717) is 18.0 Å². The Hall–Kier alpha value is -2.32. The van der Waals surface area contributed by atoms with Crippen LogP contribution in [-0.2, 0) is 23.2 Å². The van der Waals surface area contributed by atoms with Gasteiger partial charge in [0.15, 0.2) is 0 Å². The number of benzene rings is 1. The first-order chi connectivity index (χ1) is 11.4. The lowest BCUT2D eigenvalue weighted by atomic mass is 10.2. The van der Waals surface area contributed by atoms with Gasteiger partial charge in [0.25, 0.3) is 0 Å². The van der Waals surface area contributed by atoms with E-state index in [4.69, 9.17) is 4.74 Å². The fourth-order valence-corrected chi connectivity index (χ4v) is 2.93. The molecular weight excluding hydrogens is 328 g/mol. The average Bonchev–Trinajstić information content (AvgIpc) is 3.00. The lowest BCUT2D eigenvalue weighted by Crippen LogP contribution is -2.28. The van der Waals surface area contributed by atoms with Crippen LogP contribution in [-0.4, -0.2) is 38.3 Å². The zero-order valence-electron chi connectivity index (χ0n) is 13.6. The van der Waals surface area contributed by atoms with Gasteiger partial charge >= 0.3 is 10.2 Å². The van der Waals surface area contributed by atoms with Crippen molar-refractivity contribution in [3.63, 3.8) is 0 Å². The normalized spacial score (nSPS) is 13.5. The topological polar surface area (TPSA) is 83.6 Å². The van der Waals surface area contributed by atoms with Gasteiger partial charge in [0.05, 0.1) is 11.4 Å². The minimum Gasteiger partial charge on any atom is -0.487 e. The maximum atomic E-state index is 11.9. The van der Waals surface area contributed by atoms with Gasteiger partial charge in [-0.15, -0.1) is 0 Å². The van der Waals surface area contributed by atoms with Crippen LogP contribution in [0, 0.1) is 0 Å². The first-order valence-electron chi connectivity index (χ1n) is 7.60. The maximum Gasteiger partial charge on any atom is 0.301 e. The van der Waals surface area contributed by atoms with Crippen molar-refractivity contribution in [1.29, 1.82) is 0 Å². The van der Waals surface area contributed by atoms with Crippen LogP contribution in [0.1, 0.15) is 11.3 Å². The van der Waals surface area contributed by atoms with E-state index in [-0.39, 0.29) is 0 Å². The van der Waals surface area contributed by atoms with Crippen molar-refractivity contribution in [2.24, 2.45) is 0 Å². The van der Waals surface area contributed by atoms with Crippen LogP contribution in [0.5, 0.6) is 5.75 Å². The summed E-state index contributed by atoms with van der Waals surface area (Å²) < 4.78 is 33.0. The van der Waals surface area contributed by atoms with Gasteiger partial charge in [0, 0.05) is 26.7 Å². The molecule has 0 bridgehead atoms. The number of hydrogen-bond donors (Lipinski definition) is 2. The zero-order chi connectivity index (χ0) is 17.2. The highest BCUT2D eigenvalue weighted by Gasteiger charge is 2.14. The summed E-state index contributed by atoms with van der Waals surface area (Å²) in [6.07, 6.45) is 0.998. The predicted octanol–water partition coefficient (Wildman–Crippen LogP) is 1.85. The lowest BCUT2D eigenvalue weighted by molar-refractivity contribution is 0.301. The van der Waals surface area contributed by atoms with Crippen LogP contribution in [0.25, 0.3) is 0 Å². The molecule has 0 spiro atoms. The number of nitrogens with one attached hydrogen (secondary N) is 2. The van der Waals surface area contributed by atoms with Crippen molar-refractivity contribution in [2.75, 3.05) is 30.7 Å². The number of aromatic nitrogens is 1. The molecule has 0 atom stereocenters. The second kappa shape index (κ2) is 6.66. The largest absolute Gasteiger partial charge is 0.487 e. The zero-order valence-corrected chi connectivity index (χ0v) is 14.4. The van der Waals surface area contributed by atoms with Crippen molar-refractivity contribution >= 4 is 21.7 Å².